The van der Waals surface area contributed by atoms with Gasteiger partial charge in [0.05, 0.1) is 25.4 Å². The lowest BCUT2D eigenvalue weighted by Gasteiger charge is -2.24. The molecule has 10 nitrogen and oxygen atoms in total. The van der Waals surface area contributed by atoms with Crippen molar-refractivity contribution < 1.29 is 26.8 Å². The van der Waals surface area contributed by atoms with Crippen molar-refractivity contribution >= 4 is 21.3 Å². The first kappa shape index (κ1) is 16.8. The minimum Gasteiger partial charge on any atom is -0.347 e. The summed E-state index contributed by atoms with van der Waals surface area (Å²) >= 11 is 0. The van der Waals surface area contributed by atoms with Crippen LogP contribution >= 0.6 is 0 Å². The fourth-order valence-electron chi connectivity index (χ4n) is 3.18. The Morgan fingerprint density at radius 3 is 2.80 bits per heavy atom. The predicted molar refractivity (Wildman–Crippen MR) is 83.9 cm³/mol. The summed E-state index contributed by atoms with van der Waals surface area (Å²) in [5.41, 5.74) is 1.22. The summed E-state index contributed by atoms with van der Waals surface area (Å²) in [6.45, 7) is 3.44. The maximum atomic E-state index is 11.3. The molecular formula is C14H18N4O6S. The molecule has 0 amide bonds. The molecule has 0 aromatic carbocycles. The Morgan fingerprint density at radius 2 is 2.04 bits per heavy atom. The third-order valence-electron chi connectivity index (χ3n) is 4.08. The van der Waals surface area contributed by atoms with Crippen LogP contribution in [-0.2, 0) is 28.5 Å². The first-order valence-electron chi connectivity index (χ1n) is 7.71. The normalized spacial score (nSPS) is 31.5. The minimum absolute atomic E-state index is 0.155. The molecule has 2 fully saturated rings. The van der Waals surface area contributed by atoms with E-state index in [0.717, 1.165) is 6.26 Å². The second-order valence-corrected chi connectivity index (χ2v) is 8.15. The summed E-state index contributed by atoms with van der Waals surface area (Å²) in [5.74, 6) is -0.813. The second-order valence-electron chi connectivity index (χ2n) is 6.50. The summed E-state index contributed by atoms with van der Waals surface area (Å²) in [6.07, 6.45) is 3.52. The second kappa shape index (κ2) is 5.68. The summed E-state index contributed by atoms with van der Waals surface area (Å²) in [7, 11) is -3.59. The Labute approximate surface area is 144 Å². The average molecular weight is 370 g/mol. The van der Waals surface area contributed by atoms with Gasteiger partial charge in [0.2, 0.25) is 0 Å². The predicted octanol–water partition coefficient (Wildman–Crippen LogP) is 0.220. The van der Waals surface area contributed by atoms with Crippen molar-refractivity contribution in [2.24, 2.45) is 0 Å². The number of hydrogen-bond acceptors (Lipinski definition) is 9. The first-order chi connectivity index (χ1) is 11.7. The molecule has 25 heavy (non-hydrogen) atoms. The van der Waals surface area contributed by atoms with Crippen LogP contribution in [-0.4, -0.2) is 64.9 Å². The van der Waals surface area contributed by atoms with Crippen LogP contribution < -0.4 is 0 Å². The lowest BCUT2D eigenvalue weighted by atomic mass is 10.1. The zero-order chi connectivity index (χ0) is 17.8. The molecule has 0 aliphatic carbocycles. The number of ether oxygens (including phenoxy) is 3. The average Bonchev–Trinajstić information content (AvgIpc) is 3.15. The smallest absolute Gasteiger partial charge is 0.264 e. The van der Waals surface area contributed by atoms with E-state index in [9.17, 15) is 8.42 Å². The largest absolute Gasteiger partial charge is 0.347 e. The van der Waals surface area contributed by atoms with Crippen LogP contribution in [0.2, 0.25) is 0 Å². The summed E-state index contributed by atoms with van der Waals surface area (Å²) < 4.78 is 47.1. The Kier molecular flexibility index (Phi) is 3.81. The molecule has 2 aromatic heterocycles. The minimum atomic E-state index is -3.59. The van der Waals surface area contributed by atoms with Crippen molar-refractivity contribution in [2.45, 2.75) is 44.2 Å². The van der Waals surface area contributed by atoms with Crippen LogP contribution in [0.1, 0.15) is 20.1 Å². The molecule has 4 atom stereocenters. The van der Waals surface area contributed by atoms with Gasteiger partial charge in [-0.05, 0) is 13.8 Å². The molecule has 2 aliphatic rings. The van der Waals surface area contributed by atoms with Gasteiger partial charge in [0.1, 0.15) is 30.2 Å². The van der Waals surface area contributed by atoms with Gasteiger partial charge in [-0.2, -0.15) is 8.42 Å². The molecular weight excluding hydrogens is 352 g/mol. The van der Waals surface area contributed by atoms with Crippen molar-refractivity contribution in [3.8, 4) is 0 Å². The highest BCUT2D eigenvalue weighted by molar-refractivity contribution is 7.85. The van der Waals surface area contributed by atoms with Gasteiger partial charge in [-0.3, -0.25) is 8.75 Å². The molecule has 0 saturated carbocycles. The SMILES string of the molecule is CC1(C)O[C@@H]2[C@H](O1)[C@@H](COS(C)(=O)=O)O[C@H]2n1cnc2cncnc21. The molecule has 2 aliphatic heterocycles. The lowest BCUT2D eigenvalue weighted by molar-refractivity contribution is -0.198. The van der Waals surface area contributed by atoms with Crippen LogP contribution in [0.5, 0.6) is 0 Å². The first-order valence-corrected chi connectivity index (χ1v) is 9.53. The summed E-state index contributed by atoms with van der Waals surface area (Å²) in [4.78, 5) is 12.4. The van der Waals surface area contributed by atoms with Gasteiger partial charge in [-0.1, -0.05) is 0 Å². The highest BCUT2D eigenvalue weighted by atomic mass is 32.2. The van der Waals surface area contributed by atoms with E-state index in [2.05, 4.69) is 15.0 Å². The van der Waals surface area contributed by atoms with Crippen LogP contribution in [0.4, 0.5) is 0 Å². The zero-order valence-corrected chi connectivity index (χ0v) is 14.7. The molecule has 4 heterocycles. The summed E-state index contributed by atoms with van der Waals surface area (Å²) in [6, 6.07) is 0. The quantitative estimate of drug-likeness (QED) is 0.697. The molecule has 0 N–H and O–H groups in total. The van der Waals surface area contributed by atoms with Gasteiger partial charge in [0.15, 0.2) is 17.7 Å². The molecule has 0 bridgehead atoms. The van der Waals surface area contributed by atoms with Crippen molar-refractivity contribution in [2.75, 3.05) is 12.9 Å². The van der Waals surface area contributed by atoms with Crippen LogP contribution in [0, 0.1) is 0 Å². The third kappa shape index (κ3) is 3.13. The molecule has 2 saturated heterocycles. The van der Waals surface area contributed by atoms with Gasteiger partial charge in [0.25, 0.3) is 10.1 Å². The van der Waals surface area contributed by atoms with Gasteiger partial charge in [-0.25, -0.2) is 15.0 Å². The summed E-state index contributed by atoms with van der Waals surface area (Å²) in [5, 5.41) is 0. The fourth-order valence-corrected chi connectivity index (χ4v) is 3.56. The van der Waals surface area contributed by atoms with E-state index < -0.39 is 40.4 Å². The van der Waals surface area contributed by atoms with Gasteiger partial charge < -0.3 is 14.2 Å². The number of hydrogen-bond donors (Lipinski definition) is 0. The standard InChI is InChI=1S/C14H18N4O6S/c1-14(2)23-10-9(5-21-25(3,19)20)22-13(11(10)24-14)18-7-17-8-4-15-6-16-12(8)18/h4,6-7,9-11,13H,5H2,1-3H3/t9-,10-,11-,13-/m1/s1. The Hall–Kier alpha value is -1.66. The Balaban J connectivity index is 1.66. The molecule has 2 aromatic rings. The van der Waals surface area contributed by atoms with Gasteiger partial charge >= 0.3 is 0 Å². The van der Waals surface area contributed by atoms with Crippen molar-refractivity contribution in [3.63, 3.8) is 0 Å². The number of imidazole rings is 1. The van der Waals surface area contributed by atoms with Crippen molar-refractivity contribution in [1.29, 1.82) is 0 Å². The van der Waals surface area contributed by atoms with E-state index in [4.69, 9.17) is 18.4 Å². The highest BCUT2D eigenvalue weighted by Crippen LogP contribution is 2.43. The highest BCUT2D eigenvalue weighted by Gasteiger charge is 2.56. The van der Waals surface area contributed by atoms with Crippen LogP contribution in [0.15, 0.2) is 18.9 Å². The molecule has 4 rings (SSSR count). The number of aromatic nitrogens is 4. The van der Waals surface area contributed by atoms with Crippen LogP contribution in [0.25, 0.3) is 11.2 Å². The van der Waals surface area contributed by atoms with E-state index >= 15 is 0 Å². The topological polar surface area (TPSA) is 115 Å². The number of nitrogens with zero attached hydrogens (tertiary/aromatic N) is 4. The lowest BCUT2D eigenvalue weighted by Crippen LogP contribution is -2.33. The molecule has 0 spiro atoms. The van der Waals surface area contributed by atoms with Crippen molar-refractivity contribution in [3.05, 3.63) is 18.9 Å². The molecule has 0 unspecified atom stereocenters. The van der Waals surface area contributed by atoms with E-state index in [0.29, 0.717) is 11.2 Å². The maximum Gasteiger partial charge on any atom is 0.264 e. The fraction of sp³-hybridized carbons (Fsp3) is 0.643. The Bertz CT molecular complexity index is 898. The molecule has 136 valence electrons. The number of fused-ring (bicyclic) bond motifs is 2. The monoisotopic (exact) mass is 370 g/mol. The van der Waals surface area contributed by atoms with Crippen LogP contribution in [0.3, 0.4) is 0 Å². The van der Waals surface area contributed by atoms with E-state index in [1.165, 1.54) is 6.33 Å². The van der Waals surface area contributed by atoms with E-state index in [-0.39, 0.29) is 6.61 Å². The molecule has 11 heteroatoms. The zero-order valence-electron chi connectivity index (χ0n) is 13.9. The number of rotatable bonds is 4. The Morgan fingerprint density at radius 1 is 1.28 bits per heavy atom. The van der Waals surface area contributed by atoms with Gasteiger partial charge in [0, 0.05) is 0 Å². The van der Waals surface area contributed by atoms with E-state index in [1.807, 2.05) is 0 Å². The van der Waals surface area contributed by atoms with Crippen molar-refractivity contribution in [1.82, 2.24) is 19.5 Å². The van der Waals surface area contributed by atoms with E-state index in [1.54, 1.807) is 30.9 Å². The maximum absolute atomic E-state index is 11.3. The van der Waals surface area contributed by atoms with Gasteiger partial charge in [-0.15, -0.1) is 0 Å². The third-order valence-corrected chi connectivity index (χ3v) is 4.65. The molecule has 0 radical (unpaired) electrons.